The molecule has 3 aromatic heterocycles. The van der Waals surface area contributed by atoms with Crippen molar-refractivity contribution in [2.45, 2.75) is 137 Å². The second-order valence-electron chi connectivity index (χ2n) is 16.6. The van der Waals surface area contributed by atoms with E-state index in [1.54, 1.807) is 0 Å². The molecule has 0 fully saturated rings. The lowest BCUT2D eigenvalue weighted by Crippen LogP contribution is -2.33. The van der Waals surface area contributed by atoms with Crippen molar-refractivity contribution in [3.63, 3.8) is 0 Å². The molecule has 59 heavy (non-hydrogen) atoms. The van der Waals surface area contributed by atoms with Crippen molar-refractivity contribution in [1.29, 1.82) is 0 Å². The van der Waals surface area contributed by atoms with E-state index >= 15 is 0 Å². The first-order chi connectivity index (χ1) is 28.4. The molecule has 5 aromatic rings. The van der Waals surface area contributed by atoms with Gasteiger partial charge in [0.2, 0.25) is 0 Å². The Morgan fingerprint density at radius 2 is 1.53 bits per heavy atom. The Morgan fingerprint density at radius 3 is 2.22 bits per heavy atom. The van der Waals surface area contributed by atoms with Crippen LogP contribution in [0.2, 0.25) is 0 Å². The Bertz CT molecular complexity index is 2200. The number of hydrogen-bond acceptors (Lipinski definition) is 10. The Morgan fingerprint density at radius 1 is 0.831 bits per heavy atom. The summed E-state index contributed by atoms with van der Waals surface area (Å²) in [6.45, 7) is 11.6. The summed E-state index contributed by atoms with van der Waals surface area (Å²) in [5.41, 5.74) is 6.55. The van der Waals surface area contributed by atoms with Crippen LogP contribution in [0.3, 0.4) is 0 Å². The van der Waals surface area contributed by atoms with Crippen LogP contribution in [0.5, 0.6) is 0 Å². The topological polar surface area (TPSA) is 129 Å². The molecule has 0 atom stereocenters. The molecular formula is C47H60N6O5S. The van der Waals surface area contributed by atoms with E-state index in [4.69, 9.17) is 19.6 Å². The Balaban J connectivity index is 1.10. The average molecular weight is 821 g/mol. The molecule has 6 rings (SSSR count). The van der Waals surface area contributed by atoms with Crippen molar-refractivity contribution in [1.82, 2.24) is 19.7 Å². The number of para-hydroxylation sites is 1. The van der Waals surface area contributed by atoms with Gasteiger partial charge in [0.25, 0.3) is 5.91 Å². The molecule has 1 N–H and O–H groups in total. The molecule has 11 nitrogen and oxygen atoms in total. The Hall–Kier alpha value is -5.10. The first kappa shape index (κ1) is 43.5. The molecule has 314 valence electrons. The van der Waals surface area contributed by atoms with Crippen LogP contribution >= 0.6 is 11.3 Å². The minimum absolute atomic E-state index is 0.110. The van der Waals surface area contributed by atoms with E-state index in [9.17, 15) is 14.4 Å². The number of carbonyl (C=O) groups excluding carboxylic acids is 3. The van der Waals surface area contributed by atoms with Crippen LogP contribution in [0.25, 0.3) is 21.3 Å². The second kappa shape index (κ2) is 20.2. The number of anilines is 2. The van der Waals surface area contributed by atoms with Crippen LogP contribution in [0, 0.1) is 13.8 Å². The van der Waals surface area contributed by atoms with E-state index in [1.165, 1.54) is 63.4 Å². The molecule has 0 saturated carbocycles. The zero-order valence-corrected chi connectivity index (χ0v) is 36.5. The van der Waals surface area contributed by atoms with Crippen LogP contribution in [-0.2, 0) is 33.8 Å². The molecule has 4 heterocycles. The number of aromatic nitrogens is 4. The lowest BCUT2D eigenvalue weighted by molar-refractivity contribution is -0.140. The van der Waals surface area contributed by atoms with E-state index in [1.807, 2.05) is 76.2 Å². The van der Waals surface area contributed by atoms with Gasteiger partial charge in [-0.25, -0.2) is 14.8 Å². The van der Waals surface area contributed by atoms with Gasteiger partial charge in [0, 0.05) is 48.4 Å². The molecule has 0 unspecified atom stereocenters. The van der Waals surface area contributed by atoms with Crippen molar-refractivity contribution in [3.05, 3.63) is 88.4 Å². The predicted octanol–water partition coefficient (Wildman–Crippen LogP) is 10.8. The van der Waals surface area contributed by atoms with E-state index in [-0.39, 0.29) is 17.6 Å². The summed E-state index contributed by atoms with van der Waals surface area (Å²) in [6.07, 6.45) is 14.1. The number of aryl methyl sites for hydroxylation is 2. The number of rotatable bonds is 19. The van der Waals surface area contributed by atoms with Crippen LogP contribution in [0.1, 0.15) is 141 Å². The van der Waals surface area contributed by atoms with Crippen LogP contribution in [0.4, 0.5) is 10.9 Å². The standard InChI is InChI=1S/C47H60N6O5S/c1-32-42(33(2)53(51-32)29-19-15-13-11-9-7-8-10-12-14-16-25-41(54)57-6)36-26-27-40(49-43(36)45(56)58-47(3,4)5)52-30-28-34-21-20-22-35(37(34)31-52)44(55)50-46-48-38-23-17-18-24-39(38)59-46/h17-18,20-24,26-27H,7-16,19,25,28-31H2,1-6H3,(H,48,50,55). The summed E-state index contributed by atoms with van der Waals surface area (Å²) in [5, 5.41) is 8.52. The van der Waals surface area contributed by atoms with Gasteiger partial charge in [-0.05, 0) is 95.3 Å². The highest BCUT2D eigenvalue weighted by atomic mass is 32.1. The average Bonchev–Trinajstić information content (AvgIpc) is 3.75. The molecule has 0 saturated heterocycles. The highest BCUT2D eigenvalue weighted by molar-refractivity contribution is 7.22. The van der Waals surface area contributed by atoms with Gasteiger partial charge in [0.05, 0.1) is 23.0 Å². The van der Waals surface area contributed by atoms with E-state index < -0.39 is 11.6 Å². The number of pyridine rings is 1. The van der Waals surface area contributed by atoms with Gasteiger partial charge in [0.1, 0.15) is 11.4 Å². The summed E-state index contributed by atoms with van der Waals surface area (Å²) >= 11 is 1.46. The minimum atomic E-state index is -0.706. The zero-order valence-electron chi connectivity index (χ0n) is 35.7. The fourth-order valence-corrected chi connectivity index (χ4v) is 8.78. The Kier molecular flexibility index (Phi) is 14.9. The number of thiazole rings is 1. The molecule has 0 aliphatic carbocycles. The first-order valence-corrected chi connectivity index (χ1v) is 22.1. The second-order valence-corrected chi connectivity index (χ2v) is 17.6. The third-order valence-electron chi connectivity index (χ3n) is 11.0. The van der Waals surface area contributed by atoms with Gasteiger partial charge in [-0.3, -0.25) is 19.6 Å². The van der Waals surface area contributed by atoms with Crippen molar-refractivity contribution < 1.29 is 23.9 Å². The highest BCUT2D eigenvalue weighted by Crippen LogP contribution is 2.34. The Labute approximate surface area is 352 Å². The van der Waals surface area contributed by atoms with E-state index in [0.29, 0.717) is 41.6 Å². The number of amides is 1. The fraction of sp³-hybridized carbons (Fsp3) is 0.489. The van der Waals surface area contributed by atoms with E-state index in [0.717, 1.165) is 76.9 Å². The number of hydrogen-bond donors (Lipinski definition) is 1. The molecule has 0 spiro atoms. The highest BCUT2D eigenvalue weighted by Gasteiger charge is 2.29. The maximum atomic E-state index is 13.9. The third-order valence-corrected chi connectivity index (χ3v) is 11.9. The first-order valence-electron chi connectivity index (χ1n) is 21.3. The number of ether oxygens (including phenoxy) is 2. The van der Waals surface area contributed by atoms with Crippen molar-refractivity contribution in [2.24, 2.45) is 0 Å². The van der Waals surface area contributed by atoms with Crippen LogP contribution in [-0.4, -0.2) is 56.8 Å². The molecule has 12 heteroatoms. The van der Waals surface area contributed by atoms with Gasteiger partial charge in [-0.1, -0.05) is 93.4 Å². The largest absolute Gasteiger partial charge is 0.469 e. The fourth-order valence-electron chi connectivity index (χ4n) is 7.92. The summed E-state index contributed by atoms with van der Waals surface area (Å²) in [7, 11) is 1.45. The molecule has 1 aliphatic heterocycles. The molecule has 1 aliphatic rings. The SMILES string of the molecule is COC(=O)CCCCCCCCCCCCCn1nc(C)c(-c2ccc(N3CCc4cccc(C(=O)Nc5nc6ccccc6s5)c4C3)nc2C(=O)OC(C)(C)C)c1C. The van der Waals surface area contributed by atoms with Gasteiger partial charge in [-0.15, -0.1) is 0 Å². The molecule has 0 bridgehead atoms. The maximum Gasteiger partial charge on any atom is 0.358 e. The predicted molar refractivity (Wildman–Crippen MR) is 236 cm³/mol. The van der Waals surface area contributed by atoms with E-state index in [2.05, 4.69) is 32.9 Å². The van der Waals surface area contributed by atoms with Crippen molar-refractivity contribution in [2.75, 3.05) is 23.9 Å². The lowest BCUT2D eigenvalue weighted by Gasteiger charge is -2.31. The summed E-state index contributed by atoms with van der Waals surface area (Å²) < 4.78 is 13.7. The summed E-state index contributed by atoms with van der Waals surface area (Å²) in [6, 6.07) is 17.7. The van der Waals surface area contributed by atoms with Crippen LogP contribution in [0.15, 0.2) is 54.6 Å². The summed E-state index contributed by atoms with van der Waals surface area (Å²) in [5.74, 6) is -0.134. The number of carbonyl (C=O) groups is 3. The third kappa shape index (κ3) is 11.6. The smallest absolute Gasteiger partial charge is 0.358 e. The summed E-state index contributed by atoms with van der Waals surface area (Å²) in [4.78, 5) is 50.6. The number of unbranched alkanes of at least 4 members (excludes halogenated alkanes) is 10. The molecular weight excluding hydrogens is 761 g/mol. The van der Waals surface area contributed by atoms with Gasteiger partial charge < -0.3 is 14.4 Å². The number of benzene rings is 2. The van der Waals surface area contributed by atoms with Gasteiger partial charge in [-0.2, -0.15) is 5.10 Å². The normalized spacial score (nSPS) is 12.7. The van der Waals surface area contributed by atoms with Crippen molar-refractivity contribution >= 4 is 50.3 Å². The maximum absolute atomic E-state index is 13.9. The molecule has 0 radical (unpaired) electrons. The van der Waals surface area contributed by atoms with Crippen molar-refractivity contribution in [3.8, 4) is 11.1 Å². The van der Waals surface area contributed by atoms with Crippen LogP contribution < -0.4 is 10.2 Å². The number of methoxy groups -OCH3 is 1. The monoisotopic (exact) mass is 820 g/mol. The van der Waals surface area contributed by atoms with Gasteiger partial charge in [0.15, 0.2) is 10.8 Å². The number of fused-ring (bicyclic) bond motifs is 2. The lowest BCUT2D eigenvalue weighted by atomic mass is 9.94. The number of nitrogens with zero attached hydrogens (tertiary/aromatic N) is 5. The van der Waals surface area contributed by atoms with Gasteiger partial charge >= 0.3 is 11.9 Å². The minimum Gasteiger partial charge on any atom is -0.469 e. The molecule has 1 amide bonds. The quantitative estimate of drug-likeness (QED) is 0.0639. The zero-order chi connectivity index (χ0) is 41.9. The molecule has 2 aromatic carbocycles. The number of nitrogens with one attached hydrogen (secondary N) is 1. The number of esters is 2.